The molecular formula is C60H42N2. The van der Waals surface area contributed by atoms with Crippen molar-refractivity contribution in [2.75, 3.05) is 4.90 Å². The third kappa shape index (κ3) is 6.84. The van der Waals surface area contributed by atoms with Crippen molar-refractivity contribution in [2.24, 2.45) is 0 Å². The number of benzene rings is 10. The number of para-hydroxylation sites is 3. The molecule has 1 heterocycles. The Kier molecular flexibility index (Phi) is 9.57. The van der Waals surface area contributed by atoms with E-state index in [2.05, 4.69) is 264 Å². The molecule has 10 aromatic carbocycles. The molecule has 1 aromatic heterocycles. The first-order valence-corrected chi connectivity index (χ1v) is 21.3. The minimum Gasteiger partial charge on any atom is -0.311 e. The Morgan fingerprint density at radius 2 is 0.548 bits per heavy atom. The highest BCUT2D eigenvalue weighted by Gasteiger charge is 2.18. The molecule has 0 aliphatic heterocycles. The van der Waals surface area contributed by atoms with Crippen LogP contribution in [0.4, 0.5) is 17.1 Å². The molecule has 0 unspecified atom stereocenters. The van der Waals surface area contributed by atoms with Crippen molar-refractivity contribution in [3.63, 3.8) is 0 Å². The van der Waals surface area contributed by atoms with Crippen LogP contribution in [0.1, 0.15) is 0 Å². The Morgan fingerprint density at radius 3 is 1.02 bits per heavy atom. The number of nitrogens with zero attached hydrogens (tertiary/aromatic N) is 2. The quantitative estimate of drug-likeness (QED) is 0.141. The molecule has 0 aliphatic carbocycles. The fourth-order valence-corrected chi connectivity index (χ4v) is 9.01. The molecule has 0 amide bonds. The Labute approximate surface area is 362 Å². The van der Waals surface area contributed by atoms with E-state index in [1.54, 1.807) is 0 Å². The van der Waals surface area contributed by atoms with E-state index in [4.69, 9.17) is 0 Å². The predicted octanol–water partition coefficient (Wildman–Crippen LogP) is 16.6. The summed E-state index contributed by atoms with van der Waals surface area (Å²) >= 11 is 0. The fourth-order valence-electron chi connectivity index (χ4n) is 9.01. The Bertz CT molecular complexity index is 3240. The molecular weight excluding hydrogens is 749 g/mol. The number of anilines is 3. The van der Waals surface area contributed by atoms with Crippen molar-refractivity contribution >= 4 is 38.9 Å². The van der Waals surface area contributed by atoms with Gasteiger partial charge in [0, 0.05) is 33.4 Å². The molecule has 292 valence electrons. The minimum atomic E-state index is 1.09. The van der Waals surface area contributed by atoms with Crippen molar-refractivity contribution in [1.29, 1.82) is 0 Å². The van der Waals surface area contributed by atoms with Crippen LogP contribution in [0.15, 0.2) is 255 Å². The normalized spacial score (nSPS) is 11.2. The summed E-state index contributed by atoms with van der Waals surface area (Å²) in [6, 6.07) is 91.9. The first-order valence-electron chi connectivity index (χ1n) is 21.3. The van der Waals surface area contributed by atoms with E-state index >= 15 is 0 Å². The second-order valence-corrected chi connectivity index (χ2v) is 15.7. The third-order valence-electron chi connectivity index (χ3n) is 12.1. The van der Waals surface area contributed by atoms with Crippen molar-refractivity contribution < 1.29 is 0 Å². The maximum atomic E-state index is 2.42. The lowest BCUT2D eigenvalue weighted by molar-refractivity contribution is 1.18. The first kappa shape index (κ1) is 36.8. The summed E-state index contributed by atoms with van der Waals surface area (Å²) < 4.78 is 2.42. The lowest BCUT2D eigenvalue weighted by Crippen LogP contribution is -2.09. The van der Waals surface area contributed by atoms with Crippen LogP contribution in [0.5, 0.6) is 0 Å². The topological polar surface area (TPSA) is 8.17 Å². The predicted molar refractivity (Wildman–Crippen MR) is 263 cm³/mol. The molecule has 0 spiro atoms. The fraction of sp³-hybridized carbons (Fsp3) is 0. The van der Waals surface area contributed by atoms with Crippen LogP contribution in [0, 0.1) is 0 Å². The SMILES string of the molecule is c1ccc(-c2ccc(-c3ccc(N(c4ccc(-c5ccccc5)cc4)c4ccc(-c5ccccc5-c5ccccc5-n5c6ccccc6c6ccccc65)cc4)cc3)cc2)cc1. The third-order valence-corrected chi connectivity index (χ3v) is 12.1. The van der Waals surface area contributed by atoms with Crippen LogP contribution in [0.2, 0.25) is 0 Å². The maximum Gasteiger partial charge on any atom is 0.0541 e. The zero-order chi connectivity index (χ0) is 41.2. The van der Waals surface area contributed by atoms with Gasteiger partial charge in [0.15, 0.2) is 0 Å². The molecule has 62 heavy (non-hydrogen) atoms. The molecule has 0 fully saturated rings. The largest absolute Gasteiger partial charge is 0.311 e. The van der Waals surface area contributed by atoms with Crippen LogP contribution < -0.4 is 4.90 Å². The molecule has 11 rings (SSSR count). The number of hydrogen-bond donors (Lipinski definition) is 0. The number of hydrogen-bond acceptors (Lipinski definition) is 1. The van der Waals surface area contributed by atoms with Crippen LogP contribution >= 0.6 is 0 Å². The molecule has 2 nitrogen and oxygen atoms in total. The van der Waals surface area contributed by atoms with Gasteiger partial charge < -0.3 is 9.47 Å². The number of fused-ring (bicyclic) bond motifs is 3. The zero-order valence-corrected chi connectivity index (χ0v) is 34.1. The minimum absolute atomic E-state index is 1.09. The van der Waals surface area contributed by atoms with E-state index in [-0.39, 0.29) is 0 Å². The molecule has 0 saturated carbocycles. The molecule has 11 aromatic rings. The zero-order valence-electron chi connectivity index (χ0n) is 34.1. The number of rotatable bonds is 9. The van der Waals surface area contributed by atoms with Crippen molar-refractivity contribution in [3.8, 4) is 61.3 Å². The summed E-state index contributed by atoms with van der Waals surface area (Å²) in [5.74, 6) is 0. The smallest absolute Gasteiger partial charge is 0.0541 e. The van der Waals surface area contributed by atoms with Crippen LogP contribution in [0.3, 0.4) is 0 Å². The van der Waals surface area contributed by atoms with Gasteiger partial charge in [0.05, 0.1) is 16.7 Å². The number of aromatic nitrogens is 1. The van der Waals surface area contributed by atoms with E-state index in [0.29, 0.717) is 0 Å². The van der Waals surface area contributed by atoms with Gasteiger partial charge >= 0.3 is 0 Å². The standard InChI is InChI=1S/C60H42N2/c1-3-15-43(16-4-1)45-27-29-46(30-28-45)48-33-39-51(40-34-48)61(50-37-31-47(32-38-50)44-17-5-2-6-18-44)52-41-35-49(36-42-52)53-19-7-8-20-54(53)55-21-9-12-24-58(55)62-59-25-13-10-22-56(59)57-23-11-14-26-60(57)62/h1-42H. The van der Waals surface area contributed by atoms with Gasteiger partial charge in [-0.2, -0.15) is 0 Å². The lowest BCUT2D eigenvalue weighted by atomic mass is 9.93. The average molecular weight is 791 g/mol. The Balaban J connectivity index is 0.966. The van der Waals surface area contributed by atoms with Gasteiger partial charge in [-0.15, -0.1) is 0 Å². The van der Waals surface area contributed by atoms with Gasteiger partial charge in [-0.25, -0.2) is 0 Å². The lowest BCUT2D eigenvalue weighted by Gasteiger charge is -2.26. The van der Waals surface area contributed by atoms with Crippen molar-refractivity contribution in [3.05, 3.63) is 255 Å². The maximum absolute atomic E-state index is 2.42. The Morgan fingerprint density at radius 1 is 0.226 bits per heavy atom. The summed E-state index contributed by atoms with van der Waals surface area (Å²) in [7, 11) is 0. The summed E-state index contributed by atoms with van der Waals surface area (Å²) in [5, 5.41) is 2.52. The van der Waals surface area contributed by atoms with E-state index < -0.39 is 0 Å². The second kappa shape index (κ2) is 16.1. The first-order chi connectivity index (χ1) is 30.8. The average Bonchev–Trinajstić information content (AvgIpc) is 3.70. The molecule has 0 N–H and O–H groups in total. The summed E-state index contributed by atoms with van der Waals surface area (Å²) in [5.41, 5.74) is 18.8. The van der Waals surface area contributed by atoms with E-state index in [1.807, 2.05) is 0 Å². The summed E-state index contributed by atoms with van der Waals surface area (Å²) in [6.07, 6.45) is 0. The van der Waals surface area contributed by atoms with Gasteiger partial charge in [-0.05, 0) is 105 Å². The molecule has 0 radical (unpaired) electrons. The van der Waals surface area contributed by atoms with Gasteiger partial charge in [0.1, 0.15) is 0 Å². The van der Waals surface area contributed by atoms with Crippen molar-refractivity contribution in [1.82, 2.24) is 4.57 Å². The molecule has 0 atom stereocenters. The molecule has 2 heteroatoms. The summed E-state index contributed by atoms with van der Waals surface area (Å²) in [6.45, 7) is 0. The van der Waals surface area contributed by atoms with E-state index in [0.717, 1.165) is 28.3 Å². The van der Waals surface area contributed by atoms with Crippen LogP contribution in [0.25, 0.3) is 83.1 Å². The van der Waals surface area contributed by atoms with Crippen LogP contribution in [-0.2, 0) is 0 Å². The second-order valence-electron chi connectivity index (χ2n) is 15.7. The highest BCUT2D eigenvalue weighted by molar-refractivity contribution is 6.10. The van der Waals surface area contributed by atoms with E-state index in [1.165, 1.54) is 71.9 Å². The van der Waals surface area contributed by atoms with E-state index in [9.17, 15) is 0 Å². The highest BCUT2D eigenvalue weighted by Crippen LogP contribution is 2.42. The highest BCUT2D eigenvalue weighted by atomic mass is 15.1. The van der Waals surface area contributed by atoms with Crippen LogP contribution in [-0.4, -0.2) is 4.57 Å². The van der Waals surface area contributed by atoms with Gasteiger partial charge in [0.2, 0.25) is 0 Å². The Hall–Kier alpha value is -8.20. The monoisotopic (exact) mass is 790 g/mol. The van der Waals surface area contributed by atoms with Gasteiger partial charge in [-0.1, -0.05) is 200 Å². The summed E-state index contributed by atoms with van der Waals surface area (Å²) in [4.78, 5) is 2.35. The van der Waals surface area contributed by atoms with Gasteiger partial charge in [0.25, 0.3) is 0 Å². The molecule has 0 aliphatic rings. The van der Waals surface area contributed by atoms with Crippen molar-refractivity contribution in [2.45, 2.75) is 0 Å². The molecule has 0 saturated heterocycles. The molecule has 0 bridgehead atoms. The van der Waals surface area contributed by atoms with Gasteiger partial charge in [-0.3, -0.25) is 0 Å².